The van der Waals surface area contributed by atoms with Crippen molar-refractivity contribution in [2.24, 2.45) is 0 Å². The van der Waals surface area contributed by atoms with Gasteiger partial charge in [0.25, 0.3) is 0 Å². The van der Waals surface area contributed by atoms with Crippen LogP contribution in [0.25, 0.3) is 10.8 Å². The molecule has 21 heavy (non-hydrogen) atoms. The van der Waals surface area contributed by atoms with Gasteiger partial charge < -0.3 is 4.90 Å². The van der Waals surface area contributed by atoms with Gasteiger partial charge in [-0.1, -0.05) is 66.7 Å². The number of hydrogen-bond acceptors (Lipinski definition) is 1. The molecule has 2 nitrogen and oxygen atoms in total. The predicted octanol–water partition coefficient (Wildman–Crippen LogP) is 4.18. The Morgan fingerprint density at radius 1 is 0.857 bits per heavy atom. The van der Waals surface area contributed by atoms with Gasteiger partial charge in [0.1, 0.15) is 5.84 Å². The second-order valence-corrected chi connectivity index (χ2v) is 5.50. The van der Waals surface area contributed by atoms with Crippen LogP contribution in [0.3, 0.4) is 0 Å². The predicted molar refractivity (Wildman–Crippen MR) is 86.5 cm³/mol. The molecule has 2 heteroatoms. The van der Waals surface area contributed by atoms with Gasteiger partial charge in [0.15, 0.2) is 0 Å². The van der Waals surface area contributed by atoms with E-state index in [1.54, 1.807) is 0 Å². The van der Waals surface area contributed by atoms with Gasteiger partial charge in [0.2, 0.25) is 0 Å². The number of hydrogen-bond donors (Lipinski definition) is 1. The molecule has 3 aromatic rings. The molecule has 0 bridgehead atoms. The van der Waals surface area contributed by atoms with Gasteiger partial charge in [-0.2, -0.15) is 0 Å². The van der Waals surface area contributed by atoms with Gasteiger partial charge in [0.05, 0.1) is 0 Å². The first-order valence-electron chi connectivity index (χ1n) is 7.21. The van der Waals surface area contributed by atoms with E-state index in [4.69, 9.17) is 5.41 Å². The Balaban J connectivity index is 1.70. The zero-order valence-electron chi connectivity index (χ0n) is 11.7. The van der Waals surface area contributed by atoms with Crippen molar-refractivity contribution >= 4 is 16.6 Å². The molecule has 0 amide bonds. The Bertz CT molecular complexity index is 830. The van der Waals surface area contributed by atoms with Crippen LogP contribution < -0.4 is 0 Å². The Morgan fingerprint density at radius 2 is 1.62 bits per heavy atom. The van der Waals surface area contributed by atoms with Gasteiger partial charge in [-0.3, -0.25) is 5.41 Å². The van der Waals surface area contributed by atoms with E-state index in [2.05, 4.69) is 53.4 Å². The Hall–Kier alpha value is -2.61. The van der Waals surface area contributed by atoms with E-state index in [0.717, 1.165) is 18.7 Å². The third kappa shape index (κ3) is 2.00. The highest BCUT2D eigenvalue weighted by Gasteiger charge is 2.23. The van der Waals surface area contributed by atoms with Gasteiger partial charge in [-0.25, -0.2) is 0 Å². The topological polar surface area (TPSA) is 27.1 Å². The quantitative estimate of drug-likeness (QED) is 0.744. The van der Waals surface area contributed by atoms with E-state index in [1.807, 2.05) is 18.2 Å². The molecular formula is C19H16N2. The Kier molecular flexibility index (Phi) is 2.74. The maximum Gasteiger partial charge on any atom is 0.129 e. The lowest BCUT2D eigenvalue weighted by Gasteiger charge is -2.19. The third-order valence-electron chi connectivity index (χ3n) is 4.19. The molecule has 0 saturated carbocycles. The van der Waals surface area contributed by atoms with Crippen LogP contribution >= 0.6 is 0 Å². The molecule has 3 aromatic carbocycles. The molecule has 0 saturated heterocycles. The fraction of sp³-hybridized carbons (Fsp3) is 0.105. The first-order chi connectivity index (χ1) is 10.3. The second-order valence-electron chi connectivity index (χ2n) is 5.50. The summed E-state index contributed by atoms with van der Waals surface area (Å²) in [5, 5.41) is 10.9. The minimum absolute atomic E-state index is 0.638. The van der Waals surface area contributed by atoms with Gasteiger partial charge in [-0.15, -0.1) is 0 Å². The molecule has 1 aliphatic heterocycles. The Labute approximate surface area is 124 Å². The number of benzene rings is 3. The zero-order valence-corrected chi connectivity index (χ0v) is 11.7. The molecule has 0 atom stereocenters. The fourth-order valence-electron chi connectivity index (χ4n) is 3.12. The maximum absolute atomic E-state index is 8.37. The summed E-state index contributed by atoms with van der Waals surface area (Å²) in [6.07, 6.45) is 0. The highest BCUT2D eigenvalue weighted by Crippen LogP contribution is 2.26. The van der Waals surface area contributed by atoms with Crippen molar-refractivity contribution in [1.82, 2.24) is 4.90 Å². The lowest BCUT2D eigenvalue weighted by molar-refractivity contribution is 0.424. The summed E-state index contributed by atoms with van der Waals surface area (Å²) in [4.78, 5) is 2.15. The van der Waals surface area contributed by atoms with Crippen molar-refractivity contribution in [2.45, 2.75) is 13.1 Å². The number of nitrogens with one attached hydrogen (secondary N) is 1. The molecule has 0 unspecified atom stereocenters. The number of amidine groups is 1. The molecule has 0 spiro atoms. The van der Waals surface area contributed by atoms with Crippen molar-refractivity contribution in [3.05, 3.63) is 83.4 Å². The van der Waals surface area contributed by atoms with Crippen LogP contribution in [0.4, 0.5) is 0 Å². The molecule has 102 valence electrons. The van der Waals surface area contributed by atoms with Crippen molar-refractivity contribution in [1.29, 1.82) is 5.41 Å². The van der Waals surface area contributed by atoms with E-state index in [-0.39, 0.29) is 0 Å². The monoisotopic (exact) mass is 272 g/mol. The number of rotatable bonds is 2. The molecule has 4 rings (SSSR count). The largest absolute Gasteiger partial charge is 0.348 e. The van der Waals surface area contributed by atoms with Gasteiger partial charge >= 0.3 is 0 Å². The van der Waals surface area contributed by atoms with Crippen LogP contribution in [0.5, 0.6) is 0 Å². The maximum atomic E-state index is 8.37. The van der Waals surface area contributed by atoms with Crippen LogP contribution in [0.2, 0.25) is 0 Å². The van der Waals surface area contributed by atoms with Gasteiger partial charge in [0, 0.05) is 18.7 Å². The van der Waals surface area contributed by atoms with E-state index in [0.29, 0.717) is 5.84 Å². The SMILES string of the molecule is N=C1c2ccccc2CN1Cc1cccc2ccccc12. The average molecular weight is 272 g/mol. The summed E-state index contributed by atoms with van der Waals surface area (Å²) in [5.41, 5.74) is 3.60. The molecule has 0 radical (unpaired) electrons. The summed E-state index contributed by atoms with van der Waals surface area (Å²) in [6, 6.07) is 23.1. The normalized spacial score (nSPS) is 13.7. The van der Waals surface area contributed by atoms with Crippen LogP contribution in [0.15, 0.2) is 66.7 Å². The summed E-state index contributed by atoms with van der Waals surface area (Å²) < 4.78 is 0. The number of fused-ring (bicyclic) bond motifs is 2. The minimum atomic E-state index is 0.638. The van der Waals surface area contributed by atoms with Crippen LogP contribution in [-0.2, 0) is 13.1 Å². The van der Waals surface area contributed by atoms with E-state index >= 15 is 0 Å². The van der Waals surface area contributed by atoms with E-state index < -0.39 is 0 Å². The van der Waals surface area contributed by atoms with Crippen molar-refractivity contribution in [2.75, 3.05) is 0 Å². The molecule has 0 aromatic heterocycles. The summed E-state index contributed by atoms with van der Waals surface area (Å²) in [6.45, 7) is 1.62. The third-order valence-corrected chi connectivity index (χ3v) is 4.19. The highest BCUT2D eigenvalue weighted by molar-refractivity contribution is 6.00. The standard InChI is InChI=1S/C19H16N2/c20-19-18-11-4-2-7-16(18)13-21(19)12-15-9-5-8-14-6-1-3-10-17(14)15/h1-11,20H,12-13H2. The first kappa shape index (κ1) is 12.2. The molecule has 0 aliphatic carbocycles. The summed E-state index contributed by atoms with van der Waals surface area (Å²) in [5.74, 6) is 0.638. The van der Waals surface area contributed by atoms with Crippen molar-refractivity contribution < 1.29 is 0 Å². The van der Waals surface area contributed by atoms with E-state index in [1.165, 1.54) is 21.9 Å². The lowest BCUT2D eigenvalue weighted by atomic mass is 10.0. The molecule has 1 heterocycles. The fourth-order valence-corrected chi connectivity index (χ4v) is 3.12. The van der Waals surface area contributed by atoms with Crippen LogP contribution in [0.1, 0.15) is 16.7 Å². The van der Waals surface area contributed by atoms with Gasteiger partial charge in [-0.05, 0) is 21.9 Å². The minimum Gasteiger partial charge on any atom is -0.348 e. The summed E-state index contributed by atoms with van der Waals surface area (Å²) >= 11 is 0. The number of nitrogens with zero attached hydrogens (tertiary/aromatic N) is 1. The second kappa shape index (κ2) is 4.74. The molecule has 1 aliphatic rings. The van der Waals surface area contributed by atoms with Crippen LogP contribution in [0, 0.1) is 5.41 Å². The first-order valence-corrected chi connectivity index (χ1v) is 7.21. The van der Waals surface area contributed by atoms with Crippen molar-refractivity contribution in [3.63, 3.8) is 0 Å². The smallest absolute Gasteiger partial charge is 0.129 e. The summed E-state index contributed by atoms with van der Waals surface area (Å²) in [7, 11) is 0. The highest BCUT2D eigenvalue weighted by atomic mass is 15.2. The zero-order chi connectivity index (χ0) is 14.2. The van der Waals surface area contributed by atoms with Crippen LogP contribution in [-0.4, -0.2) is 10.7 Å². The lowest BCUT2D eigenvalue weighted by Crippen LogP contribution is -2.23. The Morgan fingerprint density at radius 3 is 2.52 bits per heavy atom. The molecule has 1 N–H and O–H groups in total. The average Bonchev–Trinajstić information content (AvgIpc) is 2.85. The molecule has 0 fully saturated rings. The molecular weight excluding hydrogens is 256 g/mol. The van der Waals surface area contributed by atoms with Crippen molar-refractivity contribution in [3.8, 4) is 0 Å². The van der Waals surface area contributed by atoms with E-state index in [9.17, 15) is 0 Å².